The molecule has 4 nitrogen and oxygen atoms in total. The SMILES string of the molecule is Cc1ccc(NC(=O)c2cnc(Cl)c(Cl)c2)nc1. The molecule has 0 radical (unpaired) electrons. The molecule has 6 heteroatoms. The molecule has 0 spiro atoms. The van der Waals surface area contributed by atoms with Gasteiger partial charge in [0.2, 0.25) is 0 Å². The summed E-state index contributed by atoms with van der Waals surface area (Å²) in [5.74, 6) is 0.133. The van der Waals surface area contributed by atoms with Gasteiger partial charge < -0.3 is 5.32 Å². The predicted molar refractivity (Wildman–Crippen MR) is 71.2 cm³/mol. The first-order chi connectivity index (χ1) is 8.56. The van der Waals surface area contributed by atoms with Crippen molar-refractivity contribution in [2.24, 2.45) is 0 Å². The van der Waals surface area contributed by atoms with Crippen LogP contribution >= 0.6 is 23.2 Å². The van der Waals surface area contributed by atoms with E-state index in [-0.39, 0.29) is 16.1 Å². The van der Waals surface area contributed by atoms with Gasteiger partial charge in [0.05, 0.1) is 10.6 Å². The van der Waals surface area contributed by atoms with Crippen LogP contribution in [0.2, 0.25) is 10.2 Å². The number of carbonyl (C=O) groups excluding carboxylic acids is 1. The van der Waals surface area contributed by atoms with Crippen molar-refractivity contribution in [2.75, 3.05) is 5.32 Å². The van der Waals surface area contributed by atoms with Gasteiger partial charge in [0.1, 0.15) is 11.0 Å². The highest BCUT2D eigenvalue weighted by molar-refractivity contribution is 6.41. The zero-order valence-electron chi connectivity index (χ0n) is 9.45. The van der Waals surface area contributed by atoms with Gasteiger partial charge in [-0.15, -0.1) is 0 Å². The highest BCUT2D eigenvalue weighted by Gasteiger charge is 2.09. The number of aryl methyl sites for hydroxylation is 1. The number of rotatable bonds is 2. The second-order valence-corrected chi connectivity index (χ2v) is 4.44. The number of carbonyl (C=O) groups is 1. The molecule has 2 aromatic heterocycles. The fourth-order valence-electron chi connectivity index (χ4n) is 1.28. The lowest BCUT2D eigenvalue weighted by molar-refractivity contribution is 0.102. The molecule has 0 aromatic carbocycles. The molecule has 0 aliphatic carbocycles. The molecule has 18 heavy (non-hydrogen) atoms. The second kappa shape index (κ2) is 5.33. The molecule has 2 rings (SSSR count). The molecule has 1 N–H and O–H groups in total. The molecule has 0 saturated carbocycles. The fourth-order valence-corrected chi connectivity index (χ4v) is 1.55. The van der Waals surface area contributed by atoms with Crippen LogP contribution in [0.3, 0.4) is 0 Å². The van der Waals surface area contributed by atoms with E-state index in [9.17, 15) is 4.79 Å². The summed E-state index contributed by atoms with van der Waals surface area (Å²) in [4.78, 5) is 19.7. The molecule has 2 aromatic rings. The minimum atomic E-state index is -0.336. The lowest BCUT2D eigenvalue weighted by atomic mass is 10.2. The first-order valence-corrected chi connectivity index (χ1v) is 5.87. The first kappa shape index (κ1) is 12.8. The zero-order chi connectivity index (χ0) is 13.1. The Kier molecular flexibility index (Phi) is 3.79. The average Bonchev–Trinajstić information content (AvgIpc) is 2.35. The van der Waals surface area contributed by atoms with E-state index < -0.39 is 0 Å². The number of hydrogen-bond donors (Lipinski definition) is 1. The third kappa shape index (κ3) is 2.97. The van der Waals surface area contributed by atoms with Crippen molar-refractivity contribution in [3.63, 3.8) is 0 Å². The molecule has 0 atom stereocenters. The molecule has 1 amide bonds. The quantitative estimate of drug-likeness (QED) is 0.859. The van der Waals surface area contributed by atoms with Gasteiger partial charge in [0, 0.05) is 12.4 Å². The van der Waals surface area contributed by atoms with E-state index in [4.69, 9.17) is 23.2 Å². The number of nitrogens with zero attached hydrogens (tertiary/aromatic N) is 2. The molecule has 0 saturated heterocycles. The summed E-state index contributed by atoms with van der Waals surface area (Å²) in [5, 5.41) is 3.05. The molecular weight excluding hydrogens is 273 g/mol. The normalized spacial score (nSPS) is 10.2. The van der Waals surface area contributed by atoms with Crippen LogP contribution in [0, 0.1) is 6.92 Å². The monoisotopic (exact) mass is 281 g/mol. The van der Waals surface area contributed by atoms with Gasteiger partial charge in [-0.2, -0.15) is 0 Å². The van der Waals surface area contributed by atoms with Crippen LogP contribution in [0.25, 0.3) is 0 Å². The summed E-state index contributed by atoms with van der Waals surface area (Å²) in [6.45, 7) is 1.92. The lowest BCUT2D eigenvalue weighted by Gasteiger charge is -2.05. The Bertz CT molecular complexity index is 584. The van der Waals surface area contributed by atoms with Crippen molar-refractivity contribution >= 4 is 34.9 Å². The standard InChI is InChI=1S/C12H9Cl2N3O/c1-7-2-3-10(15-5-7)17-12(18)8-4-9(13)11(14)16-6-8/h2-6H,1H3,(H,15,17,18). The second-order valence-electron chi connectivity index (χ2n) is 3.67. The number of hydrogen-bond acceptors (Lipinski definition) is 3. The van der Waals surface area contributed by atoms with E-state index >= 15 is 0 Å². The van der Waals surface area contributed by atoms with Crippen molar-refractivity contribution in [3.8, 4) is 0 Å². The molecule has 0 aliphatic rings. The van der Waals surface area contributed by atoms with E-state index in [0.717, 1.165) is 5.56 Å². The molecular formula is C12H9Cl2N3O. The number of halogens is 2. The Morgan fingerprint density at radius 1 is 1.22 bits per heavy atom. The molecule has 0 unspecified atom stereocenters. The summed E-state index contributed by atoms with van der Waals surface area (Å²) in [6.07, 6.45) is 3.03. The molecule has 0 aliphatic heterocycles. The third-order valence-electron chi connectivity index (χ3n) is 2.21. The first-order valence-electron chi connectivity index (χ1n) is 5.11. The Hall–Kier alpha value is -1.65. The predicted octanol–water partition coefficient (Wildman–Crippen LogP) is 3.34. The van der Waals surface area contributed by atoms with E-state index in [1.54, 1.807) is 12.3 Å². The van der Waals surface area contributed by atoms with Gasteiger partial charge in [-0.1, -0.05) is 29.3 Å². The Morgan fingerprint density at radius 2 is 2.00 bits per heavy atom. The minimum Gasteiger partial charge on any atom is -0.307 e. The van der Waals surface area contributed by atoms with Crippen molar-refractivity contribution < 1.29 is 4.79 Å². The van der Waals surface area contributed by atoms with Crippen molar-refractivity contribution in [1.29, 1.82) is 0 Å². The minimum absolute atomic E-state index is 0.168. The van der Waals surface area contributed by atoms with E-state index in [2.05, 4.69) is 15.3 Å². The van der Waals surface area contributed by atoms with Gasteiger partial charge in [-0.05, 0) is 24.6 Å². The van der Waals surface area contributed by atoms with Crippen LogP contribution in [0.1, 0.15) is 15.9 Å². The summed E-state index contributed by atoms with van der Waals surface area (Å²) in [6, 6.07) is 5.04. The van der Waals surface area contributed by atoms with Gasteiger partial charge >= 0.3 is 0 Å². The highest BCUT2D eigenvalue weighted by atomic mass is 35.5. The summed E-state index contributed by atoms with van der Waals surface area (Å²) in [5.41, 5.74) is 1.34. The van der Waals surface area contributed by atoms with Crippen LogP contribution in [-0.2, 0) is 0 Å². The Labute approximate surface area is 114 Å². The number of anilines is 1. The lowest BCUT2D eigenvalue weighted by Crippen LogP contribution is -2.13. The smallest absolute Gasteiger partial charge is 0.258 e. The van der Waals surface area contributed by atoms with Crippen LogP contribution in [0.5, 0.6) is 0 Å². The van der Waals surface area contributed by atoms with Gasteiger partial charge in [-0.25, -0.2) is 9.97 Å². The van der Waals surface area contributed by atoms with E-state index in [0.29, 0.717) is 11.4 Å². The van der Waals surface area contributed by atoms with Gasteiger partial charge in [0.25, 0.3) is 5.91 Å². The molecule has 0 fully saturated rings. The summed E-state index contributed by atoms with van der Waals surface area (Å²) < 4.78 is 0. The maximum absolute atomic E-state index is 11.9. The van der Waals surface area contributed by atoms with E-state index in [1.165, 1.54) is 12.3 Å². The van der Waals surface area contributed by atoms with Crippen LogP contribution in [-0.4, -0.2) is 15.9 Å². The zero-order valence-corrected chi connectivity index (χ0v) is 11.0. The average molecular weight is 282 g/mol. The fraction of sp³-hybridized carbons (Fsp3) is 0.0833. The Balaban J connectivity index is 2.16. The maximum atomic E-state index is 11.9. The number of aromatic nitrogens is 2. The third-order valence-corrected chi connectivity index (χ3v) is 2.90. The van der Waals surface area contributed by atoms with Crippen LogP contribution in [0.4, 0.5) is 5.82 Å². The molecule has 2 heterocycles. The number of amides is 1. The largest absolute Gasteiger partial charge is 0.307 e. The van der Waals surface area contributed by atoms with Crippen LogP contribution in [0.15, 0.2) is 30.6 Å². The van der Waals surface area contributed by atoms with Crippen molar-refractivity contribution in [3.05, 3.63) is 51.9 Å². The van der Waals surface area contributed by atoms with Gasteiger partial charge in [0.15, 0.2) is 0 Å². The maximum Gasteiger partial charge on any atom is 0.258 e. The Morgan fingerprint density at radius 3 is 2.61 bits per heavy atom. The van der Waals surface area contributed by atoms with E-state index in [1.807, 2.05) is 13.0 Å². The highest BCUT2D eigenvalue weighted by Crippen LogP contribution is 2.20. The topological polar surface area (TPSA) is 54.9 Å². The number of pyridine rings is 2. The molecule has 0 bridgehead atoms. The van der Waals surface area contributed by atoms with Gasteiger partial charge in [-0.3, -0.25) is 4.79 Å². The van der Waals surface area contributed by atoms with Crippen molar-refractivity contribution in [2.45, 2.75) is 6.92 Å². The van der Waals surface area contributed by atoms with Crippen molar-refractivity contribution in [1.82, 2.24) is 9.97 Å². The number of nitrogens with one attached hydrogen (secondary N) is 1. The summed E-state index contributed by atoms with van der Waals surface area (Å²) in [7, 11) is 0. The van der Waals surface area contributed by atoms with Crippen LogP contribution < -0.4 is 5.32 Å². The summed E-state index contributed by atoms with van der Waals surface area (Å²) >= 11 is 11.5. The molecule has 92 valence electrons.